The molecule has 0 bridgehead atoms. The Labute approximate surface area is 122 Å². The highest BCUT2D eigenvalue weighted by molar-refractivity contribution is 7.85. The Kier molecular flexibility index (Phi) is 10.5. The Morgan fingerprint density at radius 3 is 2.10 bits per heavy atom. The Balaban J connectivity index is 3.59. The molecule has 0 saturated heterocycles. The van der Waals surface area contributed by atoms with Crippen molar-refractivity contribution in [2.75, 3.05) is 0 Å². The fraction of sp³-hybridized carbons (Fsp3) is 0.923. The first-order valence-corrected chi connectivity index (χ1v) is 8.72. The number of rotatable bonds is 12. The average Bonchev–Trinajstić information content (AvgIpc) is 2.30. The SMILES string of the molecule is CCCCCCCCCCC(C)OS(=O)(=O)NC(=O)O. The lowest BCUT2D eigenvalue weighted by Crippen LogP contribution is -2.32. The van der Waals surface area contributed by atoms with Gasteiger partial charge in [0.15, 0.2) is 0 Å². The first kappa shape index (κ1) is 19.2. The van der Waals surface area contributed by atoms with Crippen LogP contribution in [0.5, 0.6) is 0 Å². The van der Waals surface area contributed by atoms with Gasteiger partial charge in [-0.2, -0.15) is 13.1 Å². The molecule has 6 nitrogen and oxygen atoms in total. The van der Waals surface area contributed by atoms with Gasteiger partial charge >= 0.3 is 16.4 Å². The van der Waals surface area contributed by atoms with Crippen molar-refractivity contribution in [1.82, 2.24) is 4.72 Å². The van der Waals surface area contributed by atoms with Crippen molar-refractivity contribution in [3.05, 3.63) is 0 Å². The quantitative estimate of drug-likeness (QED) is 0.539. The zero-order chi connectivity index (χ0) is 15.4. The summed E-state index contributed by atoms with van der Waals surface area (Å²) in [5.41, 5.74) is 0. The molecule has 1 unspecified atom stereocenters. The normalized spacial score (nSPS) is 13.1. The van der Waals surface area contributed by atoms with Gasteiger partial charge < -0.3 is 5.11 Å². The van der Waals surface area contributed by atoms with E-state index in [4.69, 9.17) is 5.11 Å². The van der Waals surface area contributed by atoms with Crippen LogP contribution in [-0.4, -0.2) is 25.7 Å². The zero-order valence-corrected chi connectivity index (χ0v) is 13.2. The molecule has 20 heavy (non-hydrogen) atoms. The maximum Gasteiger partial charge on any atom is 0.420 e. The van der Waals surface area contributed by atoms with E-state index >= 15 is 0 Å². The van der Waals surface area contributed by atoms with E-state index in [2.05, 4.69) is 11.1 Å². The summed E-state index contributed by atoms with van der Waals surface area (Å²) in [5.74, 6) is 0. The molecule has 7 heteroatoms. The van der Waals surface area contributed by atoms with Crippen molar-refractivity contribution in [3.63, 3.8) is 0 Å². The van der Waals surface area contributed by atoms with E-state index in [-0.39, 0.29) is 0 Å². The lowest BCUT2D eigenvalue weighted by molar-refractivity contribution is 0.189. The lowest BCUT2D eigenvalue weighted by Gasteiger charge is -2.12. The molecule has 0 radical (unpaired) electrons. The molecule has 0 aliphatic carbocycles. The van der Waals surface area contributed by atoms with Crippen LogP contribution in [0.2, 0.25) is 0 Å². The summed E-state index contributed by atoms with van der Waals surface area (Å²) in [4.78, 5) is 10.2. The van der Waals surface area contributed by atoms with Crippen LogP contribution in [-0.2, 0) is 14.5 Å². The van der Waals surface area contributed by atoms with E-state index in [0.717, 1.165) is 19.3 Å². The summed E-state index contributed by atoms with van der Waals surface area (Å²) in [6.45, 7) is 3.82. The minimum absolute atomic E-state index is 0.507. The maximum absolute atomic E-state index is 11.2. The van der Waals surface area contributed by atoms with Crippen molar-refractivity contribution in [2.45, 2.75) is 77.7 Å². The number of carboxylic acid groups (broad SMARTS) is 1. The molecule has 0 saturated carbocycles. The van der Waals surface area contributed by atoms with E-state index in [0.29, 0.717) is 6.42 Å². The van der Waals surface area contributed by atoms with Crippen LogP contribution in [0.1, 0.15) is 71.6 Å². The molecule has 0 aliphatic rings. The molecular formula is C13H27NO5S. The molecule has 2 N–H and O–H groups in total. The third kappa shape index (κ3) is 12.2. The summed E-state index contributed by atoms with van der Waals surface area (Å²) in [6.07, 6.45) is 7.85. The van der Waals surface area contributed by atoms with Gasteiger partial charge in [-0.25, -0.2) is 4.79 Å². The third-order valence-corrected chi connectivity index (χ3v) is 3.97. The maximum atomic E-state index is 11.2. The predicted octanol–water partition coefficient (Wildman–Crippen LogP) is 3.43. The average molecular weight is 309 g/mol. The standard InChI is InChI=1S/C13H27NO5S/c1-3-4-5-6-7-8-9-10-11-12(2)19-20(17,18)14-13(15)16/h12,14H,3-11H2,1-2H3,(H,15,16). The van der Waals surface area contributed by atoms with Crippen molar-refractivity contribution >= 4 is 16.4 Å². The van der Waals surface area contributed by atoms with Gasteiger partial charge in [-0.3, -0.25) is 4.18 Å². The molecular weight excluding hydrogens is 282 g/mol. The molecule has 0 fully saturated rings. The number of hydrogen-bond donors (Lipinski definition) is 2. The second-order valence-electron chi connectivity index (χ2n) is 5.03. The van der Waals surface area contributed by atoms with E-state index in [1.807, 2.05) is 0 Å². The second-order valence-corrected chi connectivity index (χ2v) is 6.34. The molecule has 120 valence electrons. The summed E-state index contributed by atoms with van der Waals surface area (Å²) in [5, 5.41) is 8.33. The molecule has 0 aromatic rings. The fourth-order valence-electron chi connectivity index (χ4n) is 1.96. The highest BCUT2D eigenvalue weighted by Crippen LogP contribution is 2.12. The van der Waals surface area contributed by atoms with Gasteiger partial charge in [-0.15, -0.1) is 0 Å². The van der Waals surface area contributed by atoms with Crippen molar-refractivity contribution in [3.8, 4) is 0 Å². The first-order chi connectivity index (χ1) is 9.37. The second kappa shape index (κ2) is 10.9. The molecule has 0 heterocycles. The highest BCUT2D eigenvalue weighted by Gasteiger charge is 2.17. The Hall–Kier alpha value is -0.820. The van der Waals surface area contributed by atoms with Crippen LogP contribution >= 0.6 is 0 Å². The Bertz CT molecular complexity index is 356. The minimum atomic E-state index is -4.19. The number of carbonyl (C=O) groups is 1. The van der Waals surface area contributed by atoms with E-state index in [1.165, 1.54) is 36.8 Å². The van der Waals surface area contributed by atoms with Gasteiger partial charge in [-0.1, -0.05) is 58.3 Å². The fourth-order valence-corrected chi connectivity index (χ4v) is 2.75. The van der Waals surface area contributed by atoms with Gasteiger partial charge in [0.25, 0.3) is 0 Å². The predicted molar refractivity (Wildman–Crippen MR) is 77.9 cm³/mol. The van der Waals surface area contributed by atoms with Crippen molar-refractivity contribution in [1.29, 1.82) is 0 Å². The number of nitrogens with one attached hydrogen (secondary N) is 1. The molecule has 0 spiro atoms. The molecule has 0 aromatic carbocycles. The van der Waals surface area contributed by atoms with Gasteiger partial charge in [-0.05, 0) is 13.3 Å². The smallest absolute Gasteiger partial charge is 0.420 e. The lowest BCUT2D eigenvalue weighted by atomic mass is 10.1. The Morgan fingerprint density at radius 1 is 1.10 bits per heavy atom. The van der Waals surface area contributed by atoms with Gasteiger partial charge in [0.2, 0.25) is 0 Å². The van der Waals surface area contributed by atoms with E-state index in [1.54, 1.807) is 6.92 Å². The van der Waals surface area contributed by atoms with Crippen LogP contribution in [0.3, 0.4) is 0 Å². The van der Waals surface area contributed by atoms with Crippen LogP contribution in [0.25, 0.3) is 0 Å². The monoisotopic (exact) mass is 309 g/mol. The largest absolute Gasteiger partial charge is 0.464 e. The molecule has 0 rings (SSSR count). The van der Waals surface area contributed by atoms with Crippen molar-refractivity contribution in [2.24, 2.45) is 0 Å². The van der Waals surface area contributed by atoms with Crippen LogP contribution < -0.4 is 4.72 Å². The molecule has 0 aromatic heterocycles. The van der Waals surface area contributed by atoms with E-state index < -0.39 is 22.5 Å². The zero-order valence-electron chi connectivity index (χ0n) is 12.4. The van der Waals surface area contributed by atoms with Gasteiger partial charge in [0, 0.05) is 0 Å². The molecule has 1 atom stereocenters. The highest BCUT2D eigenvalue weighted by atomic mass is 32.2. The van der Waals surface area contributed by atoms with Crippen molar-refractivity contribution < 1.29 is 22.5 Å². The van der Waals surface area contributed by atoms with Crippen LogP contribution in [0, 0.1) is 0 Å². The molecule has 0 aliphatic heterocycles. The Morgan fingerprint density at radius 2 is 1.60 bits per heavy atom. The number of unbranched alkanes of at least 4 members (excludes halogenated alkanes) is 7. The summed E-state index contributed by atoms with van der Waals surface area (Å²) in [6, 6.07) is 0. The summed E-state index contributed by atoms with van der Waals surface area (Å²) < 4.78 is 28.4. The molecule has 1 amide bonds. The van der Waals surface area contributed by atoms with E-state index in [9.17, 15) is 13.2 Å². The topological polar surface area (TPSA) is 92.7 Å². The summed E-state index contributed by atoms with van der Waals surface area (Å²) >= 11 is 0. The summed E-state index contributed by atoms with van der Waals surface area (Å²) in [7, 11) is -4.19. The number of amides is 1. The number of hydrogen-bond acceptors (Lipinski definition) is 4. The van der Waals surface area contributed by atoms with Crippen LogP contribution in [0.4, 0.5) is 4.79 Å². The minimum Gasteiger partial charge on any atom is -0.464 e. The van der Waals surface area contributed by atoms with Crippen LogP contribution in [0.15, 0.2) is 0 Å². The van der Waals surface area contributed by atoms with Gasteiger partial charge in [0.05, 0.1) is 6.10 Å². The van der Waals surface area contributed by atoms with Gasteiger partial charge in [0.1, 0.15) is 0 Å². The first-order valence-electron chi connectivity index (χ1n) is 7.31. The third-order valence-electron chi connectivity index (χ3n) is 2.97.